The second kappa shape index (κ2) is 5.07. The first-order valence-electron chi connectivity index (χ1n) is 6.47. The molecule has 0 saturated heterocycles. The zero-order valence-electron chi connectivity index (χ0n) is 10.4. The van der Waals surface area contributed by atoms with E-state index in [0.29, 0.717) is 0 Å². The van der Waals surface area contributed by atoms with Crippen molar-refractivity contribution in [3.63, 3.8) is 0 Å². The summed E-state index contributed by atoms with van der Waals surface area (Å²) in [6.07, 6.45) is 5.11. The molecule has 2 aromatic carbocycles. The van der Waals surface area contributed by atoms with Gasteiger partial charge in [-0.1, -0.05) is 30.0 Å². The van der Waals surface area contributed by atoms with Gasteiger partial charge < -0.3 is 5.73 Å². The van der Waals surface area contributed by atoms with Gasteiger partial charge in [0.25, 0.3) is 0 Å². The first-order chi connectivity index (χ1) is 8.83. The number of rotatable bonds is 2. The summed E-state index contributed by atoms with van der Waals surface area (Å²) < 4.78 is 0. The molecule has 0 saturated carbocycles. The molecule has 0 heterocycles. The van der Waals surface area contributed by atoms with Gasteiger partial charge in [0.1, 0.15) is 0 Å². The summed E-state index contributed by atoms with van der Waals surface area (Å²) in [6.45, 7) is 0. The van der Waals surface area contributed by atoms with Gasteiger partial charge in [0.15, 0.2) is 0 Å². The molecule has 0 radical (unpaired) electrons. The third kappa shape index (κ3) is 2.39. The maximum absolute atomic E-state index is 5.84. The maximum atomic E-state index is 5.84. The average Bonchev–Trinajstić information content (AvgIpc) is 2.39. The Bertz CT molecular complexity index is 563. The highest BCUT2D eigenvalue weighted by atomic mass is 32.2. The Morgan fingerprint density at radius 3 is 2.67 bits per heavy atom. The van der Waals surface area contributed by atoms with Crippen molar-refractivity contribution in [2.45, 2.75) is 35.5 Å². The van der Waals surface area contributed by atoms with E-state index in [4.69, 9.17) is 5.73 Å². The van der Waals surface area contributed by atoms with E-state index in [2.05, 4.69) is 24.3 Å². The van der Waals surface area contributed by atoms with Crippen molar-refractivity contribution in [1.82, 2.24) is 0 Å². The van der Waals surface area contributed by atoms with Crippen LogP contribution in [0.25, 0.3) is 0 Å². The molecule has 2 aromatic rings. The fourth-order valence-electron chi connectivity index (χ4n) is 2.55. The number of nitrogens with two attached hydrogens (primary N) is 1. The summed E-state index contributed by atoms with van der Waals surface area (Å²) in [6, 6.07) is 14.8. The van der Waals surface area contributed by atoms with Crippen LogP contribution >= 0.6 is 11.8 Å². The normalized spacial score (nSPS) is 14.2. The summed E-state index contributed by atoms with van der Waals surface area (Å²) in [4.78, 5) is 2.63. The Balaban J connectivity index is 1.93. The van der Waals surface area contributed by atoms with E-state index >= 15 is 0 Å². The van der Waals surface area contributed by atoms with Gasteiger partial charge in [-0.25, -0.2) is 0 Å². The minimum atomic E-state index is 0.838. The zero-order valence-corrected chi connectivity index (χ0v) is 11.2. The largest absolute Gasteiger partial charge is 0.399 e. The number of anilines is 1. The van der Waals surface area contributed by atoms with Crippen LogP contribution in [0, 0.1) is 0 Å². The minimum absolute atomic E-state index is 0.838. The Morgan fingerprint density at radius 1 is 0.944 bits per heavy atom. The number of fused-ring (bicyclic) bond motifs is 1. The van der Waals surface area contributed by atoms with Crippen molar-refractivity contribution in [2.75, 3.05) is 5.73 Å². The molecule has 0 aromatic heterocycles. The molecule has 3 rings (SSSR count). The molecule has 0 aliphatic heterocycles. The number of benzene rings is 2. The molecule has 1 aliphatic rings. The lowest BCUT2D eigenvalue weighted by molar-refractivity contribution is 0.675. The minimum Gasteiger partial charge on any atom is -0.399 e. The maximum Gasteiger partial charge on any atom is 0.0325 e. The van der Waals surface area contributed by atoms with Gasteiger partial charge in [0, 0.05) is 15.5 Å². The van der Waals surface area contributed by atoms with Crippen molar-refractivity contribution in [3.05, 3.63) is 53.6 Å². The topological polar surface area (TPSA) is 26.0 Å². The third-order valence-electron chi connectivity index (χ3n) is 3.44. The van der Waals surface area contributed by atoms with Gasteiger partial charge in [-0.2, -0.15) is 0 Å². The molecular weight excluding hydrogens is 238 g/mol. The fraction of sp³-hybridized carbons (Fsp3) is 0.250. The number of nitrogen functional groups attached to an aromatic ring is 1. The van der Waals surface area contributed by atoms with E-state index in [1.807, 2.05) is 30.0 Å². The van der Waals surface area contributed by atoms with Crippen molar-refractivity contribution in [1.29, 1.82) is 0 Å². The third-order valence-corrected chi connectivity index (χ3v) is 4.53. The van der Waals surface area contributed by atoms with Gasteiger partial charge in [0.05, 0.1) is 0 Å². The molecule has 1 nitrogen and oxygen atoms in total. The van der Waals surface area contributed by atoms with Gasteiger partial charge in [0.2, 0.25) is 0 Å². The van der Waals surface area contributed by atoms with Crippen LogP contribution in [0.15, 0.2) is 52.3 Å². The van der Waals surface area contributed by atoms with Crippen molar-refractivity contribution in [2.24, 2.45) is 0 Å². The Labute approximate surface area is 112 Å². The second-order valence-electron chi connectivity index (χ2n) is 4.78. The van der Waals surface area contributed by atoms with Crippen LogP contribution in [-0.4, -0.2) is 0 Å². The highest BCUT2D eigenvalue weighted by Gasteiger charge is 2.13. The lowest BCUT2D eigenvalue weighted by Crippen LogP contribution is -2.03. The van der Waals surface area contributed by atoms with Gasteiger partial charge in [-0.3, -0.25) is 0 Å². The molecule has 1 aliphatic carbocycles. The second-order valence-corrected chi connectivity index (χ2v) is 5.89. The molecule has 0 spiro atoms. The quantitative estimate of drug-likeness (QED) is 0.810. The molecule has 18 heavy (non-hydrogen) atoms. The van der Waals surface area contributed by atoms with Gasteiger partial charge in [-0.15, -0.1) is 0 Å². The van der Waals surface area contributed by atoms with Crippen LogP contribution in [0.1, 0.15) is 24.0 Å². The number of aryl methyl sites for hydroxylation is 1. The standard InChI is InChI=1S/C16H17NS/c17-13-7-4-8-14(11-13)18-16-10-3-6-12-5-1-2-9-15(12)16/h3-4,6-8,10-11H,1-2,5,9,17H2. The summed E-state index contributed by atoms with van der Waals surface area (Å²) in [5, 5.41) is 0. The van der Waals surface area contributed by atoms with Crippen LogP contribution in [0.2, 0.25) is 0 Å². The summed E-state index contributed by atoms with van der Waals surface area (Å²) in [5.41, 5.74) is 9.76. The molecule has 2 N–H and O–H groups in total. The predicted octanol–water partition coefficient (Wildman–Crippen LogP) is 4.30. The molecule has 0 atom stereocenters. The molecule has 0 fully saturated rings. The van der Waals surface area contributed by atoms with Gasteiger partial charge >= 0.3 is 0 Å². The van der Waals surface area contributed by atoms with E-state index in [-0.39, 0.29) is 0 Å². The van der Waals surface area contributed by atoms with Crippen LogP contribution in [-0.2, 0) is 12.8 Å². The monoisotopic (exact) mass is 255 g/mol. The Hall–Kier alpha value is -1.41. The summed E-state index contributed by atoms with van der Waals surface area (Å²) in [7, 11) is 0. The Kier molecular flexibility index (Phi) is 3.28. The molecule has 2 heteroatoms. The van der Waals surface area contributed by atoms with E-state index in [1.54, 1.807) is 5.56 Å². The van der Waals surface area contributed by atoms with Gasteiger partial charge in [-0.05, 0) is 61.1 Å². The predicted molar refractivity (Wildman–Crippen MR) is 78.1 cm³/mol. The summed E-state index contributed by atoms with van der Waals surface area (Å²) >= 11 is 1.84. The highest BCUT2D eigenvalue weighted by molar-refractivity contribution is 7.99. The molecular formula is C16H17NS. The lowest BCUT2D eigenvalue weighted by Gasteiger charge is -2.18. The molecule has 0 unspecified atom stereocenters. The van der Waals surface area contributed by atoms with E-state index in [9.17, 15) is 0 Å². The average molecular weight is 255 g/mol. The van der Waals surface area contributed by atoms with E-state index in [1.165, 1.54) is 41.0 Å². The first kappa shape index (κ1) is 11.7. The summed E-state index contributed by atoms with van der Waals surface area (Å²) in [5.74, 6) is 0. The molecule has 0 bridgehead atoms. The zero-order chi connectivity index (χ0) is 12.4. The van der Waals surface area contributed by atoms with Crippen LogP contribution < -0.4 is 5.73 Å². The van der Waals surface area contributed by atoms with Crippen molar-refractivity contribution < 1.29 is 0 Å². The molecule has 0 amide bonds. The number of hydrogen-bond acceptors (Lipinski definition) is 2. The van der Waals surface area contributed by atoms with Crippen LogP contribution in [0.5, 0.6) is 0 Å². The molecule has 92 valence electrons. The van der Waals surface area contributed by atoms with Crippen molar-refractivity contribution in [3.8, 4) is 0 Å². The first-order valence-corrected chi connectivity index (χ1v) is 7.29. The van der Waals surface area contributed by atoms with E-state index in [0.717, 1.165) is 5.69 Å². The highest BCUT2D eigenvalue weighted by Crippen LogP contribution is 2.35. The van der Waals surface area contributed by atoms with Crippen molar-refractivity contribution >= 4 is 17.4 Å². The van der Waals surface area contributed by atoms with E-state index < -0.39 is 0 Å². The smallest absolute Gasteiger partial charge is 0.0325 e. The van der Waals surface area contributed by atoms with Crippen LogP contribution in [0.3, 0.4) is 0 Å². The fourth-order valence-corrected chi connectivity index (χ4v) is 3.65. The number of hydrogen-bond donors (Lipinski definition) is 1. The SMILES string of the molecule is Nc1cccc(Sc2cccc3c2CCCC3)c1. The van der Waals surface area contributed by atoms with Crippen LogP contribution in [0.4, 0.5) is 5.69 Å². The lowest BCUT2D eigenvalue weighted by atomic mass is 9.92. The Morgan fingerprint density at radius 2 is 1.78 bits per heavy atom.